The van der Waals surface area contributed by atoms with E-state index >= 15 is 0 Å². The third-order valence-corrected chi connectivity index (χ3v) is 6.66. The maximum atomic E-state index is 12.6. The van der Waals surface area contributed by atoms with E-state index in [4.69, 9.17) is 5.73 Å². The standard InChI is InChI=1S/C13H24N4O2S/c1-3-11-4-6-13(9-14,7-5-11)17(2)20(18,19)12-8-15-10-16-12/h8,10-11H,3-7,9,14H2,1-2H3,(H,15,16). The van der Waals surface area contributed by atoms with Gasteiger partial charge in [-0.3, -0.25) is 0 Å². The lowest BCUT2D eigenvalue weighted by atomic mass is 9.75. The molecule has 0 saturated heterocycles. The number of aromatic nitrogens is 2. The van der Waals surface area contributed by atoms with Crippen LogP contribution >= 0.6 is 0 Å². The molecule has 1 heterocycles. The fraction of sp³-hybridized carbons (Fsp3) is 0.769. The van der Waals surface area contributed by atoms with Gasteiger partial charge in [-0.1, -0.05) is 13.3 Å². The number of nitrogens with two attached hydrogens (primary N) is 1. The number of aromatic amines is 1. The first kappa shape index (κ1) is 15.5. The highest BCUT2D eigenvalue weighted by Crippen LogP contribution is 2.38. The number of H-pyrrole nitrogens is 1. The van der Waals surface area contributed by atoms with Crippen LogP contribution in [0.2, 0.25) is 0 Å². The van der Waals surface area contributed by atoms with Crippen LogP contribution in [0.4, 0.5) is 0 Å². The van der Waals surface area contributed by atoms with Gasteiger partial charge >= 0.3 is 0 Å². The maximum Gasteiger partial charge on any atom is 0.260 e. The lowest BCUT2D eigenvalue weighted by Gasteiger charge is -2.44. The van der Waals surface area contributed by atoms with E-state index < -0.39 is 15.6 Å². The summed E-state index contributed by atoms with van der Waals surface area (Å²) >= 11 is 0. The van der Waals surface area contributed by atoms with Gasteiger partial charge in [0.25, 0.3) is 10.0 Å². The number of hydrogen-bond donors (Lipinski definition) is 2. The van der Waals surface area contributed by atoms with Crippen molar-refractivity contribution in [3.63, 3.8) is 0 Å². The van der Waals surface area contributed by atoms with Crippen molar-refractivity contribution in [3.8, 4) is 0 Å². The summed E-state index contributed by atoms with van der Waals surface area (Å²) in [6.45, 7) is 2.54. The summed E-state index contributed by atoms with van der Waals surface area (Å²) in [5.41, 5.74) is 5.48. The number of imidazole rings is 1. The molecular formula is C13H24N4O2S. The quantitative estimate of drug-likeness (QED) is 0.858. The highest BCUT2D eigenvalue weighted by molar-refractivity contribution is 7.89. The summed E-state index contributed by atoms with van der Waals surface area (Å²) in [6, 6.07) is 0. The molecule has 1 aliphatic rings. The summed E-state index contributed by atoms with van der Waals surface area (Å²) < 4.78 is 26.7. The number of hydrogen-bond acceptors (Lipinski definition) is 4. The molecule has 7 heteroatoms. The topological polar surface area (TPSA) is 92.1 Å². The third-order valence-electron chi connectivity index (χ3n) is 4.77. The van der Waals surface area contributed by atoms with E-state index in [2.05, 4.69) is 16.9 Å². The highest BCUT2D eigenvalue weighted by atomic mass is 32.2. The molecule has 0 unspecified atom stereocenters. The minimum atomic E-state index is -3.55. The van der Waals surface area contributed by atoms with Crippen molar-refractivity contribution in [2.75, 3.05) is 13.6 Å². The highest BCUT2D eigenvalue weighted by Gasteiger charge is 2.43. The van der Waals surface area contributed by atoms with Crippen molar-refractivity contribution in [3.05, 3.63) is 12.5 Å². The number of sulfonamides is 1. The largest absolute Gasteiger partial charge is 0.335 e. The van der Waals surface area contributed by atoms with Crippen LogP contribution in [0.5, 0.6) is 0 Å². The number of nitrogens with one attached hydrogen (secondary N) is 1. The minimum absolute atomic E-state index is 0.130. The van der Waals surface area contributed by atoms with Gasteiger partial charge in [0, 0.05) is 19.1 Å². The molecule has 6 nitrogen and oxygen atoms in total. The van der Waals surface area contributed by atoms with Crippen LogP contribution in [0.15, 0.2) is 17.6 Å². The molecule has 1 aliphatic carbocycles. The Balaban J connectivity index is 2.24. The molecule has 0 radical (unpaired) electrons. The van der Waals surface area contributed by atoms with Crippen LogP contribution in [0.1, 0.15) is 39.0 Å². The predicted molar refractivity (Wildman–Crippen MR) is 77.6 cm³/mol. The molecule has 1 aromatic rings. The van der Waals surface area contributed by atoms with E-state index in [1.165, 1.54) is 16.8 Å². The van der Waals surface area contributed by atoms with Gasteiger partial charge in [-0.15, -0.1) is 0 Å². The normalized spacial score (nSPS) is 27.9. The van der Waals surface area contributed by atoms with E-state index in [9.17, 15) is 8.42 Å². The molecule has 20 heavy (non-hydrogen) atoms. The Morgan fingerprint density at radius 1 is 1.50 bits per heavy atom. The van der Waals surface area contributed by atoms with Crippen molar-refractivity contribution >= 4 is 10.0 Å². The Morgan fingerprint density at radius 2 is 2.15 bits per heavy atom. The molecule has 0 aliphatic heterocycles. The fourth-order valence-corrected chi connectivity index (χ4v) is 4.52. The van der Waals surface area contributed by atoms with E-state index in [0.717, 1.165) is 32.1 Å². The van der Waals surface area contributed by atoms with E-state index in [-0.39, 0.29) is 5.03 Å². The first-order valence-electron chi connectivity index (χ1n) is 7.14. The van der Waals surface area contributed by atoms with E-state index in [0.29, 0.717) is 12.5 Å². The molecule has 1 saturated carbocycles. The van der Waals surface area contributed by atoms with Gasteiger partial charge < -0.3 is 10.7 Å². The Kier molecular flexibility index (Phi) is 4.51. The average Bonchev–Trinajstić information content (AvgIpc) is 3.01. The SMILES string of the molecule is CCC1CCC(CN)(N(C)S(=O)(=O)c2cnc[nH]2)CC1. The maximum absolute atomic E-state index is 12.6. The molecule has 1 fully saturated rings. The molecule has 0 spiro atoms. The molecule has 1 aromatic heterocycles. The average molecular weight is 300 g/mol. The van der Waals surface area contributed by atoms with Crippen molar-refractivity contribution in [2.45, 2.75) is 49.6 Å². The zero-order chi connectivity index (χ0) is 14.8. The number of nitrogens with zero attached hydrogens (tertiary/aromatic N) is 2. The first-order valence-corrected chi connectivity index (χ1v) is 8.58. The summed E-state index contributed by atoms with van der Waals surface area (Å²) in [4.78, 5) is 6.47. The van der Waals surface area contributed by atoms with Crippen LogP contribution < -0.4 is 5.73 Å². The molecule has 0 atom stereocenters. The number of likely N-dealkylation sites (N-methyl/N-ethyl adjacent to an activating group) is 1. The van der Waals surface area contributed by atoms with Gasteiger partial charge in [0.05, 0.1) is 12.5 Å². The Bertz CT molecular complexity index is 519. The van der Waals surface area contributed by atoms with Gasteiger partial charge in [-0.05, 0) is 31.6 Å². The van der Waals surface area contributed by atoms with Crippen LogP contribution in [0, 0.1) is 5.92 Å². The lowest BCUT2D eigenvalue weighted by molar-refractivity contribution is 0.128. The molecular weight excluding hydrogens is 276 g/mol. The second-order valence-electron chi connectivity index (χ2n) is 5.67. The van der Waals surface area contributed by atoms with Gasteiger partial charge in [0.1, 0.15) is 0 Å². The minimum Gasteiger partial charge on any atom is -0.335 e. The lowest BCUT2D eigenvalue weighted by Crippen LogP contribution is -2.56. The van der Waals surface area contributed by atoms with Gasteiger partial charge in [0.2, 0.25) is 0 Å². The van der Waals surface area contributed by atoms with E-state index in [1.54, 1.807) is 7.05 Å². The molecule has 0 aromatic carbocycles. The Morgan fingerprint density at radius 3 is 2.60 bits per heavy atom. The monoisotopic (exact) mass is 300 g/mol. The summed E-state index contributed by atoms with van der Waals surface area (Å²) in [7, 11) is -1.92. The number of rotatable bonds is 5. The van der Waals surface area contributed by atoms with Gasteiger partial charge in [-0.2, -0.15) is 4.31 Å². The van der Waals surface area contributed by atoms with Crippen molar-refractivity contribution in [1.29, 1.82) is 0 Å². The molecule has 0 amide bonds. The fourth-order valence-electron chi connectivity index (χ4n) is 3.06. The zero-order valence-electron chi connectivity index (χ0n) is 12.2. The smallest absolute Gasteiger partial charge is 0.260 e. The molecule has 114 valence electrons. The molecule has 0 bridgehead atoms. The van der Waals surface area contributed by atoms with Crippen LogP contribution in [0.3, 0.4) is 0 Å². The molecule has 3 N–H and O–H groups in total. The predicted octanol–water partition coefficient (Wildman–Crippen LogP) is 1.33. The summed E-state index contributed by atoms with van der Waals surface area (Å²) in [5.74, 6) is 0.693. The van der Waals surface area contributed by atoms with Crippen LogP contribution in [0.25, 0.3) is 0 Å². The van der Waals surface area contributed by atoms with Crippen LogP contribution in [-0.4, -0.2) is 41.8 Å². The zero-order valence-corrected chi connectivity index (χ0v) is 13.0. The van der Waals surface area contributed by atoms with Crippen molar-refractivity contribution in [1.82, 2.24) is 14.3 Å². The third kappa shape index (κ3) is 2.62. The Labute approximate surface area is 120 Å². The van der Waals surface area contributed by atoms with Gasteiger partial charge in [0.15, 0.2) is 5.03 Å². The van der Waals surface area contributed by atoms with Gasteiger partial charge in [-0.25, -0.2) is 13.4 Å². The summed E-state index contributed by atoms with van der Waals surface area (Å²) in [6.07, 6.45) is 7.60. The Hall–Kier alpha value is -0.920. The van der Waals surface area contributed by atoms with Crippen molar-refractivity contribution in [2.24, 2.45) is 11.7 Å². The molecule has 2 rings (SSSR count). The summed E-state index contributed by atoms with van der Waals surface area (Å²) in [5, 5.41) is 0.130. The second kappa shape index (κ2) is 5.83. The van der Waals surface area contributed by atoms with Crippen LogP contribution in [-0.2, 0) is 10.0 Å². The van der Waals surface area contributed by atoms with Crippen molar-refractivity contribution < 1.29 is 8.42 Å². The van der Waals surface area contributed by atoms with E-state index in [1.807, 2.05) is 0 Å². The second-order valence-corrected chi connectivity index (χ2v) is 7.61. The first-order chi connectivity index (χ1) is 9.46.